The molecule has 1 aromatic carbocycles. The largest absolute Gasteiger partial charge is 0.367 e. The van der Waals surface area contributed by atoms with Gasteiger partial charge < -0.3 is 15.0 Å². The number of ether oxygens (including phenoxy) is 1. The van der Waals surface area contributed by atoms with Crippen molar-refractivity contribution in [2.24, 2.45) is 5.73 Å². The van der Waals surface area contributed by atoms with Gasteiger partial charge in [-0.25, -0.2) is 0 Å². The molecular formula is C16H23N3O2. The Kier molecular flexibility index (Phi) is 5.09. The minimum absolute atomic E-state index is 0.496. The lowest BCUT2D eigenvalue weighted by molar-refractivity contribution is -0.0403. The lowest BCUT2D eigenvalue weighted by atomic mass is 10.0. The third kappa shape index (κ3) is 3.49. The number of nitrogens with zero attached hydrogens (tertiary/aromatic N) is 2. The van der Waals surface area contributed by atoms with Crippen molar-refractivity contribution >= 4 is 0 Å². The van der Waals surface area contributed by atoms with Crippen LogP contribution in [0.2, 0.25) is 0 Å². The lowest BCUT2D eigenvalue weighted by Gasteiger charge is -2.23. The summed E-state index contributed by atoms with van der Waals surface area (Å²) in [5, 5.41) is 4.09. The second-order valence-electron chi connectivity index (χ2n) is 5.18. The fourth-order valence-corrected chi connectivity index (χ4v) is 2.28. The van der Waals surface area contributed by atoms with Crippen LogP contribution in [0, 0.1) is 0 Å². The van der Waals surface area contributed by atoms with E-state index in [4.69, 9.17) is 15.0 Å². The molecule has 0 aliphatic heterocycles. The summed E-state index contributed by atoms with van der Waals surface area (Å²) in [5.74, 6) is 1.19. The van der Waals surface area contributed by atoms with E-state index in [1.54, 1.807) is 0 Å². The highest BCUT2D eigenvalue weighted by Gasteiger charge is 2.30. The summed E-state index contributed by atoms with van der Waals surface area (Å²) in [7, 11) is 0. The third-order valence-electron chi connectivity index (χ3n) is 3.76. The first-order chi connectivity index (χ1) is 10.1. The fourth-order valence-electron chi connectivity index (χ4n) is 2.28. The molecule has 5 heteroatoms. The third-order valence-corrected chi connectivity index (χ3v) is 3.76. The SMILES string of the molecule is CCOC(C)(CC)c1noc(Cc2ccccc2CN)n1. The predicted molar refractivity (Wildman–Crippen MR) is 80.7 cm³/mol. The van der Waals surface area contributed by atoms with Crippen LogP contribution in [0.25, 0.3) is 0 Å². The Morgan fingerprint density at radius 3 is 2.57 bits per heavy atom. The molecule has 0 saturated heterocycles. The molecule has 0 bridgehead atoms. The Bertz CT molecular complexity index is 582. The first kappa shape index (κ1) is 15.7. The molecule has 21 heavy (non-hydrogen) atoms. The van der Waals surface area contributed by atoms with Crippen molar-refractivity contribution in [1.29, 1.82) is 0 Å². The lowest BCUT2D eigenvalue weighted by Crippen LogP contribution is -2.26. The number of benzene rings is 1. The van der Waals surface area contributed by atoms with Crippen LogP contribution in [0.5, 0.6) is 0 Å². The maximum absolute atomic E-state index is 5.77. The summed E-state index contributed by atoms with van der Waals surface area (Å²) >= 11 is 0. The highest BCUT2D eigenvalue weighted by atomic mass is 16.5. The van der Waals surface area contributed by atoms with E-state index in [1.807, 2.05) is 38.1 Å². The summed E-state index contributed by atoms with van der Waals surface area (Å²) in [4.78, 5) is 4.50. The van der Waals surface area contributed by atoms with Gasteiger partial charge in [0.05, 0.1) is 6.42 Å². The van der Waals surface area contributed by atoms with Crippen LogP contribution in [0.3, 0.4) is 0 Å². The molecule has 0 spiro atoms. The van der Waals surface area contributed by atoms with Crippen LogP contribution < -0.4 is 5.73 Å². The van der Waals surface area contributed by atoms with Gasteiger partial charge in [-0.2, -0.15) is 4.98 Å². The molecule has 1 atom stereocenters. The minimum Gasteiger partial charge on any atom is -0.367 e. The normalized spacial score (nSPS) is 14.1. The van der Waals surface area contributed by atoms with Crippen molar-refractivity contribution < 1.29 is 9.26 Å². The van der Waals surface area contributed by atoms with Gasteiger partial charge in [-0.1, -0.05) is 36.3 Å². The molecule has 0 saturated carbocycles. The molecule has 2 aromatic rings. The summed E-state index contributed by atoms with van der Waals surface area (Å²) in [6, 6.07) is 8.02. The van der Waals surface area contributed by atoms with Gasteiger partial charge >= 0.3 is 0 Å². The highest BCUT2D eigenvalue weighted by molar-refractivity contribution is 5.29. The number of hydrogen-bond donors (Lipinski definition) is 1. The summed E-state index contributed by atoms with van der Waals surface area (Å²) < 4.78 is 11.1. The van der Waals surface area contributed by atoms with Crippen molar-refractivity contribution in [2.75, 3.05) is 6.61 Å². The predicted octanol–water partition coefficient (Wildman–Crippen LogP) is 2.78. The van der Waals surface area contributed by atoms with E-state index in [0.717, 1.165) is 17.5 Å². The average molecular weight is 289 g/mol. The molecule has 5 nitrogen and oxygen atoms in total. The van der Waals surface area contributed by atoms with E-state index < -0.39 is 5.60 Å². The quantitative estimate of drug-likeness (QED) is 0.848. The van der Waals surface area contributed by atoms with Crippen LogP contribution in [0.4, 0.5) is 0 Å². The van der Waals surface area contributed by atoms with Gasteiger partial charge in [-0.05, 0) is 31.4 Å². The molecular weight excluding hydrogens is 266 g/mol. The molecule has 1 unspecified atom stereocenters. The minimum atomic E-state index is -0.496. The van der Waals surface area contributed by atoms with Gasteiger partial charge in [-0.3, -0.25) is 0 Å². The second kappa shape index (κ2) is 6.83. The molecule has 0 amide bonds. The molecule has 114 valence electrons. The molecule has 0 aliphatic rings. The molecule has 1 heterocycles. The zero-order chi connectivity index (χ0) is 15.3. The zero-order valence-electron chi connectivity index (χ0n) is 12.9. The van der Waals surface area contributed by atoms with E-state index in [2.05, 4.69) is 17.1 Å². The topological polar surface area (TPSA) is 74.2 Å². The van der Waals surface area contributed by atoms with E-state index in [-0.39, 0.29) is 0 Å². The maximum atomic E-state index is 5.77. The molecule has 0 aliphatic carbocycles. The summed E-state index contributed by atoms with van der Waals surface area (Å²) in [6.45, 7) is 7.12. The molecule has 2 rings (SSSR count). The van der Waals surface area contributed by atoms with E-state index >= 15 is 0 Å². The average Bonchev–Trinajstić information content (AvgIpc) is 2.97. The zero-order valence-corrected chi connectivity index (χ0v) is 12.9. The maximum Gasteiger partial charge on any atom is 0.231 e. The Morgan fingerprint density at radius 2 is 1.95 bits per heavy atom. The Morgan fingerprint density at radius 1 is 1.24 bits per heavy atom. The Labute approximate surface area is 125 Å². The molecule has 0 fully saturated rings. The second-order valence-corrected chi connectivity index (χ2v) is 5.18. The van der Waals surface area contributed by atoms with Gasteiger partial charge in [0.1, 0.15) is 5.60 Å². The standard InChI is InChI=1S/C16H23N3O2/c1-4-16(3,20-5-2)15-18-14(21-19-15)10-12-8-6-7-9-13(12)11-17/h6-9H,4-5,10-11,17H2,1-3H3. The van der Waals surface area contributed by atoms with Crippen LogP contribution >= 0.6 is 0 Å². The van der Waals surface area contributed by atoms with Crippen molar-refractivity contribution in [2.45, 2.75) is 45.8 Å². The number of rotatable bonds is 7. The van der Waals surface area contributed by atoms with Crippen molar-refractivity contribution in [3.63, 3.8) is 0 Å². The fraction of sp³-hybridized carbons (Fsp3) is 0.500. The van der Waals surface area contributed by atoms with Gasteiger partial charge in [-0.15, -0.1) is 0 Å². The smallest absolute Gasteiger partial charge is 0.231 e. The Balaban J connectivity index is 2.20. The van der Waals surface area contributed by atoms with Crippen molar-refractivity contribution in [3.8, 4) is 0 Å². The molecule has 1 aromatic heterocycles. The highest BCUT2D eigenvalue weighted by Crippen LogP contribution is 2.26. The van der Waals surface area contributed by atoms with E-state index in [9.17, 15) is 0 Å². The van der Waals surface area contributed by atoms with Crippen LogP contribution in [-0.4, -0.2) is 16.7 Å². The molecule has 2 N–H and O–H groups in total. The first-order valence-corrected chi connectivity index (χ1v) is 7.36. The van der Waals surface area contributed by atoms with E-state index in [1.165, 1.54) is 0 Å². The van der Waals surface area contributed by atoms with Gasteiger partial charge in [0.25, 0.3) is 0 Å². The summed E-state index contributed by atoms with van der Waals surface area (Å²) in [6.07, 6.45) is 1.38. The van der Waals surface area contributed by atoms with Gasteiger partial charge in [0, 0.05) is 13.2 Å². The van der Waals surface area contributed by atoms with E-state index in [0.29, 0.717) is 31.3 Å². The Hall–Kier alpha value is -1.72. The number of nitrogens with two attached hydrogens (primary N) is 1. The van der Waals surface area contributed by atoms with Crippen molar-refractivity contribution in [3.05, 3.63) is 47.1 Å². The van der Waals surface area contributed by atoms with Crippen LogP contribution in [-0.2, 0) is 23.3 Å². The molecule has 0 radical (unpaired) electrons. The van der Waals surface area contributed by atoms with Crippen LogP contribution in [0.15, 0.2) is 28.8 Å². The number of hydrogen-bond acceptors (Lipinski definition) is 5. The monoisotopic (exact) mass is 289 g/mol. The summed E-state index contributed by atoms with van der Waals surface area (Å²) in [5.41, 5.74) is 7.47. The van der Waals surface area contributed by atoms with Gasteiger partial charge in [0.15, 0.2) is 0 Å². The van der Waals surface area contributed by atoms with Crippen LogP contribution in [0.1, 0.15) is 50.0 Å². The van der Waals surface area contributed by atoms with Crippen molar-refractivity contribution in [1.82, 2.24) is 10.1 Å². The van der Waals surface area contributed by atoms with Gasteiger partial charge in [0.2, 0.25) is 11.7 Å². The number of aromatic nitrogens is 2. The first-order valence-electron chi connectivity index (χ1n) is 7.36.